The van der Waals surface area contributed by atoms with E-state index in [1.807, 2.05) is 0 Å². The van der Waals surface area contributed by atoms with Gasteiger partial charge in [-0.05, 0) is 36.5 Å². The Morgan fingerprint density at radius 2 is 1.66 bits per heavy atom. The Morgan fingerprint density at radius 3 is 2.47 bits per heavy atom. The van der Waals surface area contributed by atoms with Crippen molar-refractivity contribution in [2.45, 2.75) is 71.3 Å². The molecule has 1 aromatic heterocycles. The first-order chi connectivity index (χ1) is 15.6. The van der Waals surface area contributed by atoms with E-state index < -0.39 is 0 Å². The fraction of sp³-hybridized carbons (Fsp3) is 0.560. The summed E-state index contributed by atoms with van der Waals surface area (Å²) < 4.78 is 13.1. The number of carbonyl (C=O) groups is 1. The van der Waals surface area contributed by atoms with Crippen molar-refractivity contribution >= 4 is 17.7 Å². The minimum atomic E-state index is -0.293. The first kappa shape index (κ1) is 24.0. The Kier molecular flexibility index (Phi) is 9.72. The molecule has 1 amide bonds. The predicted molar refractivity (Wildman–Crippen MR) is 127 cm³/mol. The summed E-state index contributed by atoms with van der Waals surface area (Å²) >= 11 is 0. The third kappa shape index (κ3) is 8.09. The maximum atomic E-state index is 13.1. The van der Waals surface area contributed by atoms with Gasteiger partial charge in [-0.2, -0.15) is 4.98 Å². The van der Waals surface area contributed by atoms with Crippen LogP contribution in [-0.2, 0) is 6.54 Å². The SMILES string of the molecule is CC1CCCCCCCNc2ncc(C(=O)NCc3ccc(F)cc3)c(n2)NCCCC1. The van der Waals surface area contributed by atoms with E-state index in [2.05, 4.69) is 32.8 Å². The molecule has 1 aliphatic rings. The lowest BCUT2D eigenvalue weighted by Crippen LogP contribution is -2.25. The minimum Gasteiger partial charge on any atom is -0.369 e. The highest BCUT2D eigenvalue weighted by Gasteiger charge is 2.15. The van der Waals surface area contributed by atoms with Crippen molar-refractivity contribution in [2.75, 3.05) is 23.7 Å². The second-order valence-corrected chi connectivity index (χ2v) is 8.78. The van der Waals surface area contributed by atoms with E-state index in [-0.39, 0.29) is 11.7 Å². The average Bonchev–Trinajstić information content (AvgIpc) is 2.80. The summed E-state index contributed by atoms with van der Waals surface area (Å²) in [6.45, 7) is 4.26. The van der Waals surface area contributed by atoms with Crippen molar-refractivity contribution in [3.05, 3.63) is 47.4 Å². The molecule has 2 aromatic rings. The van der Waals surface area contributed by atoms with Gasteiger partial charge in [0.15, 0.2) is 0 Å². The average molecular weight is 442 g/mol. The van der Waals surface area contributed by atoms with Crippen LogP contribution < -0.4 is 16.0 Å². The smallest absolute Gasteiger partial charge is 0.256 e. The molecule has 0 fully saturated rings. The topological polar surface area (TPSA) is 78.9 Å². The molecule has 0 spiro atoms. The Bertz CT molecular complexity index is 843. The van der Waals surface area contributed by atoms with Gasteiger partial charge in [-0.25, -0.2) is 9.37 Å². The van der Waals surface area contributed by atoms with E-state index in [0.29, 0.717) is 23.9 Å². The number of halogens is 1. The molecule has 1 atom stereocenters. The van der Waals surface area contributed by atoms with Crippen LogP contribution >= 0.6 is 0 Å². The number of anilines is 2. The zero-order valence-electron chi connectivity index (χ0n) is 19.1. The van der Waals surface area contributed by atoms with Crippen LogP contribution in [0.4, 0.5) is 16.2 Å². The highest BCUT2D eigenvalue weighted by Crippen LogP contribution is 2.19. The normalized spacial score (nSPS) is 18.6. The van der Waals surface area contributed by atoms with Gasteiger partial charge >= 0.3 is 0 Å². The Balaban J connectivity index is 1.64. The van der Waals surface area contributed by atoms with Crippen molar-refractivity contribution in [2.24, 2.45) is 5.92 Å². The number of carbonyl (C=O) groups excluding carboxylic acids is 1. The van der Waals surface area contributed by atoms with Gasteiger partial charge in [-0.1, -0.05) is 64.0 Å². The zero-order chi connectivity index (χ0) is 22.6. The first-order valence-electron chi connectivity index (χ1n) is 12.0. The molecule has 2 bridgehead atoms. The van der Waals surface area contributed by atoms with Gasteiger partial charge in [-0.3, -0.25) is 4.79 Å². The molecule has 1 aromatic carbocycles. The molecule has 1 unspecified atom stereocenters. The van der Waals surface area contributed by atoms with Crippen LogP contribution in [0.25, 0.3) is 0 Å². The maximum absolute atomic E-state index is 13.1. The monoisotopic (exact) mass is 441 g/mol. The summed E-state index contributed by atoms with van der Waals surface area (Å²) in [5, 5.41) is 9.52. The van der Waals surface area contributed by atoms with E-state index in [1.54, 1.807) is 18.3 Å². The van der Waals surface area contributed by atoms with E-state index in [4.69, 9.17) is 0 Å². The third-order valence-corrected chi connectivity index (χ3v) is 5.97. The summed E-state index contributed by atoms with van der Waals surface area (Å²) in [4.78, 5) is 21.7. The van der Waals surface area contributed by atoms with Crippen LogP contribution in [0.15, 0.2) is 30.5 Å². The van der Waals surface area contributed by atoms with Crippen LogP contribution in [0.1, 0.15) is 80.6 Å². The molecule has 6 nitrogen and oxygen atoms in total. The summed E-state index contributed by atoms with van der Waals surface area (Å²) in [6, 6.07) is 6.10. The molecule has 0 aliphatic carbocycles. The lowest BCUT2D eigenvalue weighted by molar-refractivity contribution is 0.0951. The molecular weight excluding hydrogens is 405 g/mol. The number of amides is 1. The van der Waals surface area contributed by atoms with E-state index in [1.165, 1.54) is 50.7 Å². The quantitative estimate of drug-likeness (QED) is 0.584. The van der Waals surface area contributed by atoms with Gasteiger partial charge in [0.1, 0.15) is 17.2 Å². The largest absolute Gasteiger partial charge is 0.369 e. The van der Waals surface area contributed by atoms with Gasteiger partial charge in [-0.15, -0.1) is 0 Å². The fourth-order valence-corrected chi connectivity index (χ4v) is 3.96. The summed E-state index contributed by atoms with van der Waals surface area (Å²) in [5.41, 5.74) is 1.25. The van der Waals surface area contributed by atoms with Crippen molar-refractivity contribution in [1.29, 1.82) is 0 Å². The number of hydrogen-bond acceptors (Lipinski definition) is 5. The zero-order valence-corrected chi connectivity index (χ0v) is 19.1. The molecule has 0 saturated heterocycles. The molecule has 174 valence electrons. The lowest BCUT2D eigenvalue weighted by Gasteiger charge is -2.14. The highest BCUT2D eigenvalue weighted by atomic mass is 19.1. The second-order valence-electron chi connectivity index (χ2n) is 8.78. The van der Waals surface area contributed by atoms with Crippen LogP contribution in [-0.4, -0.2) is 29.0 Å². The Hall–Kier alpha value is -2.70. The molecule has 7 heteroatoms. The van der Waals surface area contributed by atoms with Crippen molar-refractivity contribution < 1.29 is 9.18 Å². The van der Waals surface area contributed by atoms with Gasteiger partial charge in [0, 0.05) is 25.8 Å². The number of nitrogens with zero attached hydrogens (tertiary/aromatic N) is 2. The molecule has 0 saturated carbocycles. The third-order valence-electron chi connectivity index (χ3n) is 5.97. The number of aromatic nitrogens is 2. The summed E-state index contributed by atoms with van der Waals surface area (Å²) in [6.07, 6.45) is 12.5. The van der Waals surface area contributed by atoms with E-state index in [9.17, 15) is 9.18 Å². The second kappa shape index (κ2) is 13.0. The summed E-state index contributed by atoms with van der Waals surface area (Å²) in [5.74, 6) is 1.32. The van der Waals surface area contributed by atoms with Crippen molar-refractivity contribution in [1.82, 2.24) is 15.3 Å². The highest BCUT2D eigenvalue weighted by molar-refractivity contribution is 5.98. The number of rotatable bonds is 3. The number of benzene rings is 1. The Labute approximate surface area is 190 Å². The van der Waals surface area contributed by atoms with Crippen LogP contribution in [0.3, 0.4) is 0 Å². The Morgan fingerprint density at radius 1 is 1.00 bits per heavy atom. The predicted octanol–water partition coefficient (Wildman–Crippen LogP) is 5.53. The first-order valence-corrected chi connectivity index (χ1v) is 12.0. The van der Waals surface area contributed by atoms with Crippen LogP contribution in [0, 0.1) is 11.7 Å². The summed E-state index contributed by atoms with van der Waals surface area (Å²) in [7, 11) is 0. The van der Waals surface area contributed by atoms with Crippen molar-refractivity contribution in [3.8, 4) is 0 Å². The van der Waals surface area contributed by atoms with Gasteiger partial charge in [0.2, 0.25) is 5.95 Å². The van der Waals surface area contributed by atoms with E-state index >= 15 is 0 Å². The molecule has 2 heterocycles. The standard InChI is InChI=1S/C25H36FN5O/c1-19-9-5-3-2-4-7-16-28-25-30-18-22(23(31-25)27-15-8-6-10-19)24(32)29-17-20-11-13-21(26)14-12-20/h11-14,18-19H,2-10,15-17H2,1H3,(H,29,32)(H2,27,28,30,31). The van der Waals surface area contributed by atoms with E-state index in [0.717, 1.165) is 43.8 Å². The van der Waals surface area contributed by atoms with Crippen LogP contribution in [0.5, 0.6) is 0 Å². The van der Waals surface area contributed by atoms with Gasteiger partial charge in [0.25, 0.3) is 5.91 Å². The molecule has 1 aliphatic heterocycles. The number of fused-ring (bicyclic) bond motifs is 2. The molecule has 3 rings (SSSR count). The fourth-order valence-electron chi connectivity index (χ4n) is 3.96. The van der Waals surface area contributed by atoms with Crippen LogP contribution in [0.2, 0.25) is 0 Å². The van der Waals surface area contributed by atoms with Gasteiger partial charge < -0.3 is 16.0 Å². The molecule has 0 radical (unpaired) electrons. The number of hydrogen-bond donors (Lipinski definition) is 3. The molecule has 3 N–H and O–H groups in total. The van der Waals surface area contributed by atoms with Crippen molar-refractivity contribution in [3.63, 3.8) is 0 Å². The molecular formula is C25H36FN5O. The minimum absolute atomic E-state index is 0.247. The molecule has 32 heavy (non-hydrogen) atoms. The van der Waals surface area contributed by atoms with Gasteiger partial charge in [0.05, 0.1) is 0 Å². The number of nitrogens with one attached hydrogen (secondary N) is 3. The maximum Gasteiger partial charge on any atom is 0.256 e. The lowest BCUT2D eigenvalue weighted by atomic mass is 9.97.